The number of hydrogen-bond donors (Lipinski definition) is 0. The molecule has 0 aliphatic carbocycles. The molecule has 2 atom stereocenters. The fourth-order valence-electron chi connectivity index (χ4n) is 3.49. The summed E-state index contributed by atoms with van der Waals surface area (Å²) in [4.78, 5) is 42.0. The number of likely N-dealkylation sites (tertiary alicyclic amines) is 1. The topological polar surface area (TPSA) is 70.2 Å². The normalized spacial score (nSPS) is 23.3. The van der Waals surface area contributed by atoms with Crippen molar-refractivity contribution in [3.05, 3.63) is 24.3 Å². The average Bonchev–Trinajstić information content (AvgIpc) is 3.17. The average molecular weight is 345 g/mol. The molecule has 2 aliphatic heterocycles. The zero-order chi connectivity index (χ0) is 18.1. The van der Waals surface area contributed by atoms with Crippen molar-refractivity contribution < 1.29 is 19.1 Å². The highest BCUT2D eigenvalue weighted by molar-refractivity contribution is 6.01. The number of hydrogen-bond acceptors (Lipinski definition) is 4. The zero-order valence-corrected chi connectivity index (χ0v) is 14.8. The first-order chi connectivity index (χ1) is 11.9. The Morgan fingerprint density at radius 1 is 1.24 bits per heavy atom. The van der Waals surface area contributed by atoms with E-state index in [2.05, 4.69) is 0 Å². The molecule has 0 saturated carbocycles. The fraction of sp³-hybridized carbons (Fsp3) is 0.500. The first-order valence-electron chi connectivity index (χ1n) is 8.38. The lowest BCUT2D eigenvalue weighted by Crippen LogP contribution is -2.45. The van der Waals surface area contributed by atoms with E-state index in [0.717, 1.165) is 5.69 Å². The molecule has 3 rings (SSSR count). The van der Waals surface area contributed by atoms with Crippen LogP contribution in [0.2, 0.25) is 0 Å². The largest absolute Gasteiger partial charge is 0.497 e. The van der Waals surface area contributed by atoms with Crippen LogP contribution in [0.3, 0.4) is 0 Å². The van der Waals surface area contributed by atoms with E-state index in [-0.39, 0.29) is 24.1 Å². The molecular weight excluding hydrogens is 322 g/mol. The zero-order valence-electron chi connectivity index (χ0n) is 14.8. The van der Waals surface area contributed by atoms with Crippen LogP contribution in [0.25, 0.3) is 0 Å². The summed E-state index contributed by atoms with van der Waals surface area (Å²) < 4.78 is 5.13. The maximum Gasteiger partial charge on any atom is 0.245 e. The van der Waals surface area contributed by atoms with Crippen LogP contribution in [0, 0.1) is 5.92 Å². The Balaban J connectivity index is 1.69. The van der Waals surface area contributed by atoms with Crippen LogP contribution in [0.1, 0.15) is 12.8 Å². The van der Waals surface area contributed by atoms with E-state index < -0.39 is 12.0 Å². The van der Waals surface area contributed by atoms with Gasteiger partial charge in [-0.15, -0.1) is 0 Å². The second-order valence-electron chi connectivity index (χ2n) is 6.62. The number of amides is 3. The third-order valence-corrected chi connectivity index (χ3v) is 5.07. The summed E-state index contributed by atoms with van der Waals surface area (Å²) in [6, 6.07) is 6.78. The first-order valence-corrected chi connectivity index (χ1v) is 8.38. The first kappa shape index (κ1) is 17.3. The van der Waals surface area contributed by atoms with Gasteiger partial charge in [-0.1, -0.05) is 0 Å². The summed E-state index contributed by atoms with van der Waals surface area (Å²) in [7, 11) is 4.98. The minimum atomic E-state index is -0.418. The molecule has 2 heterocycles. The van der Waals surface area contributed by atoms with Crippen molar-refractivity contribution in [3.8, 4) is 5.75 Å². The number of benzene rings is 1. The Hall–Kier alpha value is -2.57. The summed E-state index contributed by atoms with van der Waals surface area (Å²) in [6.07, 6.45) is 0.812. The predicted molar refractivity (Wildman–Crippen MR) is 92.3 cm³/mol. The number of ether oxygens (including phenoxy) is 1. The molecule has 2 saturated heterocycles. The molecule has 0 aromatic heterocycles. The molecular formula is C18H23N3O4. The van der Waals surface area contributed by atoms with Crippen LogP contribution >= 0.6 is 0 Å². The Morgan fingerprint density at radius 2 is 1.92 bits per heavy atom. The molecule has 25 heavy (non-hydrogen) atoms. The van der Waals surface area contributed by atoms with Crippen LogP contribution in [0.4, 0.5) is 5.69 Å². The van der Waals surface area contributed by atoms with Gasteiger partial charge < -0.3 is 19.4 Å². The van der Waals surface area contributed by atoms with Crippen molar-refractivity contribution in [2.45, 2.75) is 18.9 Å². The standard InChI is InChI=1S/C18H23N3O4/c1-19-9-8-15(18(19)24)20(2)17(23)12-10-16(22)21(11-12)13-4-6-14(25-3)7-5-13/h4-7,12,15H,8-11H2,1-3H3/t12-,15-/m0/s1. The Kier molecular flexibility index (Phi) is 4.65. The number of rotatable bonds is 4. The lowest BCUT2D eigenvalue weighted by Gasteiger charge is -2.26. The van der Waals surface area contributed by atoms with Crippen LogP contribution in [-0.2, 0) is 14.4 Å². The maximum absolute atomic E-state index is 12.8. The summed E-state index contributed by atoms with van der Waals surface area (Å²) in [5.41, 5.74) is 0.750. The Bertz CT molecular complexity index is 688. The second kappa shape index (κ2) is 6.74. The maximum atomic E-state index is 12.8. The van der Waals surface area contributed by atoms with Crippen LogP contribution in [0.5, 0.6) is 5.75 Å². The lowest BCUT2D eigenvalue weighted by molar-refractivity contribution is -0.142. The molecule has 0 unspecified atom stereocenters. The van der Waals surface area contributed by atoms with Gasteiger partial charge in [0.2, 0.25) is 17.7 Å². The number of carbonyl (C=O) groups excluding carboxylic acids is 3. The molecule has 1 aromatic carbocycles. The van der Waals surface area contributed by atoms with Gasteiger partial charge in [0.05, 0.1) is 13.0 Å². The van der Waals surface area contributed by atoms with E-state index >= 15 is 0 Å². The Morgan fingerprint density at radius 3 is 2.48 bits per heavy atom. The number of methoxy groups -OCH3 is 1. The monoisotopic (exact) mass is 345 g/mol. The van der Waals surface area contributed by atoms with Crippen molar-refractivity contribution in [3.63, 3.8) is 0 Å². The molecule has 134 valence electrons. The van der Waals surface area contributed by atoms with Gasteiger partial charge in [0.1, 0.15) is 11.8 Å². The summed E-state index contributed by atoms with van der Waals surface area (Å²) in [5.74, 6) is 0.0434. The third-order valence-electron chi connectivity index (χ3n) is 5.07. The number of anilines is 1. The van der Waals surface area contributed by atoms with Crippen molar-refractivity contribution in [1.82, 2.24) is 9.80 Å². The van der Waals surface area contributed by atoms with Gasteiger partial charge in [-0.05, 0) is 30.7 Å². The highest BCUT2D eigenvalue weighted by atomic mass is 16.5. The van der Waals surface area contributed by atoms with Gasteiger partial charge in [0.15, 0.2) is 0 Å². The number of carbonyl (C=O) groups is 3. The van der Waals surface area contributed by atoms with Gasteiger partial charge in [0, 0.05) is 39.3 Å². The van der Waals surface area contributed by atoms with Gasteiger partial charge in [0.25, 0.3) is 0 Å². The highest BCUT2D eigenvalue weighted by Crippen LogP contribution is 2.28. The minimum Gasteiger partial charge on any atom is -0.497 e. The van der Waals surface area contributed by atoms with E-state index in [0.29, 0.717) is 25.3 Å². The summed E-state index contributed by atoms with van der Waals surface area (Å²) in [5, 5.41) is 0. The minimum absolute atomic E-state index is 0.0350. The summed E-state index contributed by atoms with van der Waals surface area (Å²) in [6.45, 7) is 0.994. The molecule has 2 fully saturated rings. The fourth-order valence-corrected chi connectivity index (χ4v) is 3.49. The van der Waals surface area contributed by atoms with Crippen molar-refractivity contribution in [1.29, 1.82) is 0 Å². The molecule has 0 bridgehead atoms. The van der Waals surface area contributed by atoms with E-state index in [1.54, 1.807) is 43.1 Å². The third kappa shape index (κ3) is 3.18. The molecule has 3 amide bonds. The van der Waals surface area contributed by atoms with E-state index in [9.17, 15) is 14.4 Å². The second-order valence-corrected chi connectivity index (χ2v) is 6.62. The molecule has 7 heteroatoms. The number of nitrogens with zero attached hydrogens (tertiary/aromatic N) is 3. The lowest BCUT2D eigenvalue weighted by atomic mass is 10.1. The van der Waals surface area contributed by atoms with Gasteiger partial charge in [-0.25, -0.2) is 0 Å². The molecule has 0 spiro atoms. The highest BCUT2D eigenvalue weighted by Gasteiger charge is 2.41. The predicted octanol–water partition coefficient (Wildman–Crippen LogP) is 0.737. The SMILES string of the molecule is COc1ccc(N2C[C@@H](C(=O)N(C)[C@H]3CCN(C)C3=O)CC2=O)cc1. The van der Waals surface area contributed by atoms with Crippen LogP contribution < -0.4 is 9.64 Å². The van der Waals surface area contributed by atoms with Gasteiger partial charge >= 0.3 is 0 Å². The smallest absolute Gasteiger partial charge is 0.245 e. The molecule has 2 aliphatic rings. The Labute approximate surface area is 147 Å². The van der Waals surface area contributed by atoms with Crippen LogP contribution in [0.15, 0.2) is 24.3 Å². The molecule has 7 nitrogen and oxygen atoms in total. The van der Waals surface area contributed by atoms with Crippen molar-refractivity contribution >= 4 is 23.4 Å². The summed E-state index contributed by atoms with van der Waals surface area (Å²) >= 11 is 0. The van der Waals surface area contributed by atoms with Crippen LogP contribution in [-0.4, -0.2) is 67.9 Å². The molecule has 0 radical (unpaired) electrons. The number of likely N-dealkylation sites (N-methyl/N-ethyl adjacent to an activating group) is 2. The van der Waals surface area contributed by atoms with E-state index in [1.807, 2.05) is 12.1 Å². The van der Waals surface area contributed by atoms with Crippen molar-refractivity contribution in [2.75, 3.05) is 39.2 Å². The van der Waals surface area contributed by atoms with E-state index in [4.69, 9.17) is 4.74 Å². The van der Waals surface area contributed by atoms with Gasteiger partial charge in [-0.2, -0.15) is 0 Å². The molecule has 0 N–H and O–H groups in total. The van der Waals surface area contributed by atoms with E-state index in [1.165, 1.54) is 4.90 Å². The van der Waals surface area contributed by atoms with Gasteiger partial charge in [-0.3, -0.25) is 14.4 Å². The quantitative estimate of drug-likeness (QED) is 0.807. The van der Waals surface area contributed by atoms with Crippen molar-refractivity contribution in [2.24, 2.45) is 5.92 Å². The molecule has 1 aromatic rings.